The number of rotatable bonds is 1. The largest absolute Gasteiger partial charge is 0.393 e. The number of nitrogens with two attached hydrogens (primary N) is 1. The van der Waals surface area contributed by atoms with E-state index in [0.717, 1.165) is 0 Å². The molecule has 3 N–H and O–H groups in total. The first-order valence-corrected chi connectivity index (χ1v) is 2.62. The monoisotopic (exact) mass is 140 g/mol. The van der Waals surface area contributed by atoms with Gasteiger partial charge in [0.2, 0.25) is 6.20 Å². The number of nitrogen functional groups attached to an aromatic ring is 1. The minimum Gasteiger partial charge on any atom is -0.393 e. The Morgan fingerprint density at radius 3 is 2.80 bits per heavy atom. The predicted molar refractivity (Wildman–Crippen MR) is 34.1 cm³/mol. The lowest BCUT2D eigenvalue weighted by atomic mass is 10.4. The average molecular weight is 140 g/mol. The molecule has 0 aliphatic carbocycles. The van der Waals surface area contributed by atoms with E-state index in [1.807, 2.05) is 0 Å². The van der Waals surface area contributed by atoms with Crippen LogP contribution < -0.4 is 10.7 Å². The lowest BCUT2D eigenvalue weighted by Crippen LogP contribution is -2.04. The molecular formula is C5H6N3O2+. The highest BCUT2D eigenvalue weighted by atomic mass is 16.6. The van der Waals surface area contributed by atoms with Crippen molar-refractivity contribution < 1.29 is 9.91 Å². The maximum absolute atomic E-state index is 10.1. The van der Waals surface area contributed by atoms with Crippen LogP contribution in [0.25, 0.3) is 0 Å². The molecule has 0 amide bonds. The summed E-state index contributed by atoms with van der Waals surface area (Å²) in [4.78, 5) is 12.2. The van der Waals surface area contributed by atoms with E-state index in [1.165, 1.54) is 18.5 Å². The van der Waals surface area contributed by atoms with Crippen LogP contribution in [0, 0.1) is 10.1 Å². The van der Waals surface area contributed by atoms with Gasteiger partial charge in [0.15, 0.2) is 6.20 Å². The molecule has 0 atom stereocenters. The van der Waals surface area contributed by atoms with Gasteiger partial charge in [0.05, 0.1) is 4.92 Å². The fourth-order valence-electron chi connectivity index (χ4n) is 0.592. The fraction of sp³-hybridized carbons (Fsp3) is 0. The molecule has 1 rings (SSSR count). The van der Waals surface area contributed by atoms with E-state index in [0.29, 0.717) is 0 Å². The van der Waals surface area contributed by atoms with Crippen molar-refractivity contribution in [2.24, 2.45) is 0 Å². The second-order valence-corrected chi connectivity index (χ2v) is 1.74. The molecule has 0 unspecified atom stereocenters. The van der Waals surface area contributed by atoms with Gasteiger partial charge in [-0.2, -0.15) is 0 Å². The number of nitrogens with one attached hydrogen (secondary N) is 1. The SMILES string of the molecule is Nc1cc[nH+]cc1[N+](=O)[O-]. The number of nitro groups is 1. The van der Waals surface area contributed by atoms with E-state index >= 15 is 0 Å². The number of anilines is 1. The molecule has 5 nitrogen and oxygen atoms in total. The van der Waals surface area contributed by atoms with Crippen molar-refractivity contribution >= 4 is 11.4 Å². The summed E-state index contributed by atoms with van der Waals surface area (Å²) in [6, 6.07) is 1.44. The number of aromatic amines is 1. The van der Waals surface area contributed by atoms with Crippen LogP contribution in [-0.4, -0.2) is 4.92 Å². The molecule has 0 aliphatic heterocycles. The van der Waals surface area contributed by atoms with Crippen LogP contribution in [-0.2, 0) is 0 Å². The Morgan fingerprint density at radius 2 is 2.40 bits per heavy atom. The maximum Gasteiger partial charge on any atom is 0.354 e. The molecule has 10 heavy (non-hydrogen) atoms. The first kappa shape index (κ1) is 6.47. The van der Waals surface area contributed by atoms with Gasteiger partial charge in [0.1, 0.15) is 5.69 Å². The minimum absolute atomic E-state index is 0.0949. The number of nitrogens with zero attached hydrogens (tertiary/aromatic N) is 1. The fourth-order valence-corrected chi connectivity index (χ4v) is 0.592. The van der Waals surface area contributed by atoms with Gasteiger partial charge in [0.25, 0.3) is 0 Å². The number of aromatic nitrogens is 1. The summed E-state index contributed by atoms with van der Waals surface area (Å²) in [7, 11) is 0. The summed E-state index contributed by atoms with van der Waals surface area (Å²) in [5, 5.41) is 10.1. The van der Waals surface area contributed by atoms with Crippen LogP contribution >= 0.6 is 0 Å². The Hall–Kier alpha value is -1.65. The predicted octanol–water partition coefficient (Wildman–Crippen LogP) is -0.00890. The van der Waals surface area contributed by atoms with Gasteiger partial charge >= 0.3 is 5.69 Å². The van der Waals surface area contributed by atoms with Crippen molar-refractivity contribution in [1.82, 2.24) is 0 Å². The molecule has 5 heteroatoms. The minimum atomic E-state index is -0.536. The average Bonchev–Trinajstić information content (AvgIpc) is 1.88. The van der Waals surface area contributed by atoms with Crippen molar-refractivity contribution in [3.63, 3.8) is 0 Å². The van der Waals surface area contributed by atoms with Crippen molar-refractivity contribution in [2.45, 2.75) is 0 Å². The number of pyridine rings is 1. The molecule has 1 aromatic heterocycles. The maximum atomic E-state index is 10.1. The highest BCUT2D eigenvalue weighted by molar-refractivity contribution is 5.54. The van der Waals surface area contributed by atoms with Crippen molar-refractivity contribution in [1.29, 1.82) is 0 Å². The van der Waals surface area contributed by atoms with E-state index in [4.69, 9.17) is 5.73 Å². The second kappa shape index (κ2) is 2.30. The lowest BCUT2D eigenvalue weighted by molar-refractivity contribution is -0.419. The van der Waals surface area contributed by atoms with Crippen molar-refractivity contribution in [3.05, 3.63) is 28.6 Å². The zero-order valence-corrected chi connectivity index (χ0v) is 5.07. The summed E-state index contributed by atoms with van der Waals surface area (Å²) in [6.07, 6.45) is 2.78. The van der Waals surface area contributed by atoms with E-state index in [1.54, 1.807) is 0 Å². The van der Waals surface area contributed by atoms with Gasteiger partial charge < -0.3 is 5.73 Å². The normalized spacial score (nSPS) is 9.20. The Bertz CT molecular complexity index is 261. The van der Waals surface area contributed by atoms with E-state index in [-0.39, 0.29) is 11.4 Å². The van der Waals surface area contributed by atoms with Crippen LogP contribution in [0.3, 0.4) is 0 Å². The standard InChI is InChI=1S/C5H5N3O2/c6-4-1-2-7-3-5(4)8(9)10/h1-3H,(H2,6,7)/p+1. The van der Waals surface area contributed by atoms with E-state index < -0.39 is 4.92 Å². The molecule has 0 radical (unpaired) electrons. The molecule has 0 bridgehead atoms. The zero-order valence-electron chi connectivity index (χ0n) is 5.07. The molecule has 0 spiro atoms. The van der Waals surface area contributed by atoms with Crippen molar-refractivity contribution in [3.8, 4) is 0 Å². The molecule has 0 aromatic carbocycles. The smallest absolute Gasteiger partial charge is 0.354 e. The summed E-state index contributed by atoms with van der Waals surface area (Å²) in [5.74, 6) is 0. The topological polar surface area (TPSA) is 83.3 Å². The first-order chi connectivity index (χ1) is 4.72. The molecule has 0 aliphatic rings. The molecule has 1 aromatic rings. The molecule has 52 valence electrons. The Balaban J connectivity index is 3.15. The zero-order chi connectivity index (χ0) is 7.56. The Morgan fingerprint density at radius 1 is 1.70 bits per heavy atom. The van der Waals surface area contributed by atoms with E-state index in [2.05, 4.69) is 4.98 Å². The highest BCUT2D eigenvalue weighted by Crippen LogP contribution is 2.15. The Kier molecular flexibility index (Phi) is 1.49. The third kappa shape index (κ3) is 1.02. The number of H-pyrrole nitrogens is 1. The molecule has 0 saturated carbocycles. The lowest BCUT2D eigenvalue weighted by Gasteiger charge is -1.88. The quantitative estimate of drug-likeness (QED) is 0.440. The molecule has 0 fully saturated rings. The van der Waals surface area contributed by atoms with Gasteiger partial charge in [-0.05, 0) is 0 Å². The molecule has 1 heterocycles. The first-order valence-electron chi connectivity index (χ1n) is 2.62. The van der Waals surface area contributed by atoms with Crippen LogP contribution in [0.5, 0.6) is 0 Å². The van der Waals surface area contributed by atoms with Gasteiger partial charge in [-0.15, -0.1) is 0 Å². The summed E-state index contributed by atoms with van der Waals surface area (Å²) < 4.78 is 0. The van der Waals surface area contributed by atoms with Crippen LogP contribution in [0.1, 0.15) is 0 Å². The van der Waals surface area contributed by atoms with E-state index in [9.17, 15) is 10.1 Å². The third-order valence-electron chi connectivity index (χ3n) is 1.07. The summed E-state index contributed by atoms with van der Waals surface area (Å²) in [5.41, 5.74) is 5.34. The van der Waals surface area contributed by atoms with Gasteiger partial charge in [0, 0.05) is 6.07 Å². The van der Waals surface area contributed by atoms with Gasteiger partial charge in [-0.1, -0.05) is 0 Å². The second-order valence-electron chi connectivity index (χ2n) is 1.74. The van der Waals surface area contributed by atoms with Crippen molar-refractivity contribution in [2.75, 3.05) is 5.73 Å². The molecule has 0 saturated heterocycles. The summed E-state index contributed by atoms with van der Waals surface area (Å²) >= 11 is 0. The number of hydrogen-bond donors (Lipinski definition) is 1. The van der Waals surface area contributed by atoms with Crippen LogP contribution in [0.4, 0.5) is 11.4 Å². The Labute approximate surface area is 56.6 Å². The van der Waals surface area contributed by atoms with Gasteiger partial charge in [-0.25, -0.2) is 4.98 Å². The van der Waals surface area contributed by atoms with Crippen LogP contribution in [0.2, 0.25) is 0 Å². The number of hydrogen-bond acceptors (Lipinski definition) is 3. The molecular weight excluding hydrogens is 134 g/mol. The third-order valence-corrected chi connectivity index (χ3v) is 1.07. The highest BCUT2D eigenvalue weighted by Gasteiger charge is 2.12. The van der Waals surface area contributed by atoms with Crippen LogP contribution in [0.15, 0.2) is 18.5 Å². The van der Waals surface area contributed by atoms with Gasteiger partial charge in [-0.3, -0.25) is 10.1 Å². The summed E-state index contributed by atoms with van der Waals surface area (Å²) in [6.45, 7) is 0.